The molecule has 0 bridgehead atoms. The van der Waals surface area contributed by atoms with E-state index in [4.69, 9.17) is 18.9 Å². The van der Waals surface area contributed by atoms with Crippen LogP contribution in [-0.2, 0) is 4.74 Å². The van der Waals surface area contributed by atoms with Crippen LogP contribution in [0.3, 0.4) is 0 Å². The van der Waals surface area contributed by atoms with Crippen molar-refractivity contribution in [2.75, 3.05) is 14.2 Å². The van der Waals surface area contributed by atoms with Gasteiger partial charge in [0.15, 0.2) is 0 Å². The Morgan fingerprint density at radius 3 is 2.41 bits per heavy atom. The fraction of sp³-hybridized carbons (Fsp3) is 0.353. The third-order valence-electron chi connectivity index (χ3n) is 3.74. The highest BCUT2D eigenvalue weighted by Gasteiger charge is 2.36. The van der Waals surface area contributed by atoms with Gasteiger partial charge in [-0.05, 0) is 30.0 Å². The Balaban J connectivity index is 2.36. The van der Waals surface area contributed by atoms with Crippen LogP contribution in [-0.4, -0.2) is 26.0 Å². The maximum Gasteiger partial charge on any atom is 0.345 e. The van der Waals surface area contributed by atoms with Gasteiger partial charge < -0.3 is 18.9 Å². The number of aryl methyl sites for hydroxylation is 1. The molecule has 22 heavy (non-hydrogen) atoms. The quantitative estimate of drug-likeness (QED) is 0.795. The fourth-order valence-electron chi connectivity index (χ4n) is 2.82. The van der Waals surface area contributed by atoms with Gasteiger partial charge in [0, 0.05) is 25.3 Å². The van der Waals surface area contributed by atoms with Crippen molar-refractivity contribution < 1.29 is 23.7 Å². The van der Waals surface area contributed by atoms with E-state index in [2.05, 4.69) is 0 Å². The van der Waals surface area contributed by atoms with Crippen LogP contribution < -0.4 is 14.2 Å². The van der Waals surface area contributed by atoms with Crippen LogP contribution >= 0.6 is 0 Å². The Bertz CT molecular complexity index is 776. The number of methoxy groups -OCH3 is 2. The third kappa shape index (κ3) is 2.13. The first-order valence-corrected chi connectivity index (χ1v) is 6.98. The number of carbonyl (C=O) groups excluding carboxylic acids is 1. The van der Waals surface area contributed by atoms with Gasteiger partial charge in [0.05, 0.1) is 14.2 Å². The summed E-state index contributed by atoms with van der Waals surface area (Å²) < 4.78 is 21.9. The van der Waals surface area contributed by atoms with Crippen LogP contribution in [0.5, 0.6) is 17.2 Å². The second kappa shape index (κ2) is 4.80. The number of hydrogen-bond donors (Lipinski definition) is 0. The molecule has 5 nitrogen and oxygen atoms in total. The standard InChI is InChI=1S/C17H18O5/c1-9-14-10(6-11(19-4)8-12(14)20-5)7-13-15(9)16(18)22-17(2,3)21-13/h6-8H,1-5H3. The molecule has 0 radical (unpaired) electrons. The lowest BCUT2D eigenvalue weighted by atomic mass is 9.97. The molecule has 3 rings (SSSR count). The Kier molecular flexibility index (Phi) is 3.16. The number of esters is 1. The average molecular weight is 302 g/mol. The first-order valence-electron chi connectivity index (χ1n) is 6.98. The minimum atomic E-state index is -0.979. The lowest BCUT2D eigenvalue weighted by molar-refractivity contribution is -0.127. The normalized spacial score (nSPS) is 15.8. The lowest BCUT2D eigenvalue weighted by Crippen LogP contribution is -2.39. The van der Waals surface area contributed by atoms with Crippen molar-refractivity contribution in [1.82, 2.24) is 0 Å². The van der Waals surface area contributed by atoms with Crippen LogP contribution in [0, 0.1) is 6.92 Å². The van der Waals surface area contributed by atoms with Crippen LogP contribution in [0.2, 0.25) is 0 Å². The molecule has 0 spiro atoms. The molecule has 2 aromatic rings. The largest absolute Gasteiger partial charge is 0.497 e. The minimum absolute atomic E-state index is 0.386. The van der Waals surface area contributed by atoms with Crippen LogP contribution in [0.15, 0.2) is 18.2 Å². The van der Waals surface area contributed by atoms with Crippen molar-refractivity contribution >= 4 is 16.7 Å². The summed E-state index contributed by atoms with van der Waals surface area (Å²) in [6.45, 7) is 5.28. The van der Waals surface area contributed by atoms with E-state index in [1.54, 1.807) is 34.1 Å². The van der Waals surface area contributed by atoms with Crippen LogP contribution in [0.25, 0.3) is 10.8 Å². The SMILES string of the molecule is COc1cc(OC)c2c(C)c3c(cc2c1)OC(C)(C)OC3=O. The van der Waals surface area contributed by atoms with E-state index in [-0.39, 0.29) is 5.97 Å². The van der Waals surface area contributed by atoms with Gasteiger partial charge in [0.1, 0.15) is 22.8 Å². The highest BCUT2D eigenvalue weighted by atomic mass is 16.7. The predicted octanol–water partition coefficient (Wildman–Crippen LogP) is 3.45. The summed E-state index contributed by atoms with van der Waals surface area (Å²) in [6.07, 6.45) is 0. The van der Waals surface area contributed by atoms with Crippen molar-refractivity contribution in [2.45, 2.75) is 26.6 Å². The topological polar surface area (TPSA) is 54.0 Å². The Hall–Kier alpha value is -2.43. The maximum atomic E-state index is 12.3. The zero-order valence-corrected chi connectivity index (χ0v) is 13.3. The van der Waals surface area contributed by atoms with Crippen molar-refractivity contribution in [3.05, 3.63) is 29.3 Å². The van der Waals surface area contributed by atoms with Crippen molar-refractivity contribution in [3.63, 3.8) is 0 Å². The fourth-order valence-corrected chi connectivity index (χ4v) is 2.82. The lowest BCUT2D eigenvalue weighted by Gasteiger charge is -2.32. The summed E-state index contributed by atoms with van der Waals surface area (Å²) in [5.41, 5.74) is 1.21. The summed E-state index contributed by atoms with van der Waals surface area (Å²) in [4.78, 5) is 12.3. The number of rotatable bonds is 2. The molecule has 0 fully saturated rings. The molecular formula is C17H18O5. The Morgan fingerprint density at radius 1 is 1.05 bits per heavy atom. The van der Waals surface area contributed by atoms with E-state index >= 15 is 0 Å². The molecular weight excluding hydrogens is 284 g/mol. The third-order valence-corrected chi connectivity index (χ3v) is 3.74. The van der Waals surface area contributed by atoms with Crippen LogP contribution in [0.4, 0.5) is 0 Å². The molecule has 0 N–H and O–H groups in total. The molecule has 0 amide bonds. The van der Waals surface area contributed by atoms with Gasteiger partial charge in [-0.3, -0.25) is 0 Å². The van der Waals surface area contributed by atoms with Crippen molar-refractivity contribution in [2.24, 2.45) is 0 Å². The van der Waals surface area contributed by atoms with E-state index < -0.39 is 5.79 Å². The van der Waals surface area contributed by atoms with Crippen molar-refractivity contribution in [3.8, 4) is 17.2 Å². The number of hydrogen-bond acceptors (Lipinski definition) is 5. The smallest absolute Gasteiger partial charge is 0.345 e. The molecule has 0 aromatic heterocycles. The monoisotopic (exact) mass is 302 g/mol. The molecule has 1 heterocycles. The first kappa shape index (κ1) is 14.5. The first-order chi connectivity index (χ1) is 10.4. The summed E-state index contributed by atoms with van der Waals surface area (Å²) in [6, 6.07) is 5.51. The molecule has 0 unspecified atom stereocenters. The molecule has 0 atom stereocenters. The molecule has 0 saturated carbocycles. The highest BCUT2D eigenvalue weighted by Crippen LogP contribution is 2.42. The summed E-state index contributed by atoms with van der Waals surface area (Å²) in [5.74, 6) is 0.478. The molecule has 0 aliphatic carbocycles. The summed E-state index contributed by atoms with van der Waals surface area (Å²) in [5, 5.41) is 1.74. The molecule has 0 saturated heterocycles. The second-order valence-electron chi connectivity index (χ2n) is 5.69. The number of ether oxygens (including phenoxy) is 4. The maximum absolute atomic E-state index is 12.3. The molecule has 116 valence electrons. The molecule has 2 aromatic carbocycles. The summed E-state index contributed by atoms with van der Waals surface area (Å²) in [7, 11) is 3.19. The number of cyclic esters (lactones) is 1. The van der Waals surface area contributed by atoms with Gasteiger partial charge in [-0.25, -0.2) is 4.79 Å². The zero-order valence-electron chi connectivity index (χ0n) is 13.3. The van der Waals surface area contributed by atoms with Gasteiger partial charge >= 0.3 is 5.97 Å². The van der Waals surface area contributed by atoms with Gasteiger partial charge in [0.2, 0.25) is 5.79 Å². The van der Waals surface area contributed by atoms with E-state index in [0.29, 0.717) is 22.8 Å². The number of carbonyl (C=O) groups is 1. The van der Waals surface area contributed by atoms with Gasteiger partial charge in [0.25, 0.3) is 0 Å². The van der Waals surface area contributed by atoms with Gasteiger partial charge in [-0.15, -0.1) is 0 Å². The average Bonchev–Trinajstić information content (AvgIpc) is 2.43. The molecule has 1 aliphatic rings. The zero-order chi connectivity index (χ0) is 16.1. The second-order valence-corrected chi connectivity index (χ2v) is 5.69. The Morgan fingerprint density at radius 2 is 1.77 bits per heavy atom. The number of benzene rings is 2. The van der Waals surface area contributed by atoms with Crippen LogP contribution in [0.1, 0.15) is 29.8 Å². The van der Waals surface area contributed by atoms with Gasteiger partial charge in [-0.2, -0.15) is 0 Å². The highest BCUT2D eigenvalue weighted by molar-refractivity contribution is 6.04. The summed E-state index contributed by atoms with van der Waals surface area (Å²) >= 11 is 0. The minimum Gasteiger partial charge on any atom is -0.497 e. The van der Waals surface area contributed by atoms with E-state index in [9.17, 15) is 4.79 Å². The van der Waals surface area contributed by atoms with Crippen molar-refractivity contribution in [1.29, 1.82) is 0 Å². The predicted molar refractivity (Wildman–Crippen MR) is 81.9 cm³/mol. The van der Waals surface area contributed by atoms with E-state index in [0.717, 1.165) is 16.3 Å². The molecule has 5 heteroatoms. The van der Waals surface area contributed by atoms with Gasteiger partial charge in [-0.1, -0.05) is 0 Å². The van der Waals surface area contributed by atoms with E-state index in [1.807, 2.05) is 19.1 Å². The Labute approximate surface area is 128 Å². The number of fused-ring (bicyclic) bond motifs is 2. The molecule has 1 aliphatic heterocycles. The van der Waals surface area contributed by atoms with E-state index in [1.165, 1.54) is 0 Å².